The summed E-state index contributed by atoms with van der Waals surface area (Å²) in [7, 11) is 0. The highest BCUT2D eigenvalue weighted by Gasteiger charge is 2.23. The van der Waals surface area contributed by atoms with Gasteiger partial charge in [-0.05, 0) is 31.7 Å². The molecular formula is C16H21N5O4. The molecule has 1 fully saturated rings. The predicted molar refractivity (Wildman–Crippen MR) is 91.2 cm³/mol. The molecule has 0 radical (unpaired) electrons. The van der Waals surface area contributed by atoms with Crippen molar-refractivity contribution in [3.8, 4) is 0 Å². The molecule has 9 nitrogen and oxygen atoms in total. The van der Waals surface area contributed by atoms with Crippen LogP contribution in [-0.4, -0.2) is 51.5 Å². The largest absolute Gasteiger partial charge is 0.478 e. The van der Waals surface area contributed by atoms with Gasteiger partial charge in [0.2, 0.25) is 0 Å². The zero-order chi connectivity index (χ0) is 18.0. The molecule has 134 valence electrons. The summed E-state index contributed by atoms with van der Waals surface area (Å²) in [5, 5.41) is 16.2. The molecule has 0 aliphatic carbocycles. The second kappa shape index (κ2) is 6.96. The van der Waals surface area contributed by atoms with Crippen LogP contribution in [0.5, 0.6) is 0 Å². The lowest BCUT2D eigenvalue weighted by Crippen LogP contribution is -2.34. The van der Waals surface area contributed by atoms with Gasteiger partial charge in [-0.2, -0.15) is 4.98 Å². The van der Waals surface area contributed by atoms with Crippen LogP contribution in [0.4, 0.5) is 16.4 Å². The summed E-state index contributed by atoms with van der Waals surface area (Å²) in [4.78, 5) is 29.3. The molecule has 0 spiro atoms. The molecule has 3 heterocycles. The highest BCUT2D eigenvalue weighted by molar-refractivity contribution is 5.95. The van der Waals surface area contributed by atoms with E-state index in [9.17, 15) is 14.7 Å². The first-order valence-electron chi connectivity index (χ1n) is 8.30. The topological polar surface area (TPSA) is 109 Å². The lowest BCUT2D eigenvalue weighted by Gasteiger charge is -2.32. The Balaban J connectivity index is 1.94. The molecule has 2 aromatic rings. The van der Waals surface area contributed by atoms with E-state index in [0.717, 1.165) is 25.9 Å². The second-order valence-electron chi connectivity index (χ2n) is 6.13. The summed E-state index contributed by atoms with van der Waals surface area (Å²) in [6.45, 7) is 5.73. The van der Waals surface area contributed by atoms with E-state index in [-0.39, 0.29) is 18.1 Å². The summed E-state index contributed by atoms with van der Waals surface area (Å²) < 4.78 is 6.26. The van der Waals surface area contributed by atoms with Crippen LogP contribution < -0.4 is 10.2 Å². The molecule has 9 heteroatoms. The monoisotopic (exact) mass is 347 g/mol. The van der Waals surface area contributed by atoms with Gasteiger partial charge in [-0.15, -0.1) is 5.10 Å². The molecule has 2 aromatic heterocycles. The Morgan fingerprint density at radius 2 is 2.12 bits per heavy atom. The van der Waals surface area contributed by atoms with Gasteiger partial charge >= 0.3 is 12.1 Å². The molecule has 1 saturated heterocycles. The number of anilines is 2. The Hall–Kier alpha value is -2.84. The quantitative estimate of drug-likeness (QED) is 0.873. The number of hydrogen-bond acceptors (Lipinski definition) is 6. The molecule has 0 aromatic carbocycles. The van der Waals surface area contributed by atoms with Gasteiger partial charge in [-0.1, -0.05) is 6.92 Å². The van der Waals surface area contributed by atoms with E-state index in [0.29, 0.717) is 17.3 Å². The molecule has 0 saturated carbocycles. The van der Waals surface area contributed by atoms with E-state index in [1.807, 2.05) is 0 Å². The minimum Gasteiger partial charge on any atom is -0.478 e. The van der Waals surface area contributed by atoms with Gasteiger partial charge < -0.3 is 14.7 Å². The van der Waals surface area contributed by atoms with Crippen LogP contribution in [0.25, 0.3) is 5.65 Å². The highest BCUT2D eigenvalue weighted by Crippen LogP contribution is 2.27. The first-order chi connectivity index (χ1) is 12.0. The number of ether oxygens (including phenoxy) is 1. The van der Waals surface area contributed by atoms with E-state index in [4.69, 9.17) is 4.74 Å². The van der Waals surface area contributed by atoms with Crippen molar-refractivity contribution < 1.29 is 19.4 Å². The van der Waals surface area contributed by atoms with Gasteiger partial charge in [-0.3, -0.25) is 5.32 Å². The van der Waals surface area contributed by atoms with Crippen molar-refractivity contribution in [3.63, 3.8) is 0 Å². The van der Waals surface area contributed by atoms with Crippen LogP contribution in [0.3, 0.4) is 0 Å². The van der Waals surface area contributed by atoms with Gasteiger partial charge in [0.25, 0.3) is 5.95 Å². The van der Waals surface area contributed by atoms with Crippen molar-refractivity contribution in [1.29, 1.82) is 0 Å². The van der Waals surface area contributed by atoms with Crippen molar-refractivity contribution in [2.45, 2.75) is 26.7 Å². The summed E-state index contributed by atoms with van der Waals surface area (Å²) in [5.74, 6) is -0.307. The fourth-order valence-electron chi connectivity index (χ4n) is 2.90. The average molecular weight is 347 g/mol. The maximum Gasteiger partial charge on any atom is 0.414 e. The molecule has 1 aliphatic heterocycles. The number of aromatic nitrogens is 3. The highest BCUT2D eigenvalue weighted by atomic mass is 16.5. The van der Waals surface area contributed by atoms with Crippen LogP contribution in [-0.2, 0) is 4.74 Å². The number of carboxylic acid groups (broad SMARTS) is 1. The van der Waals surface area contributed by atoms with Crippen molar-refractivity contribution >= 4 is 29.3 Å². The molecule has 1 aliphatic rings. The zero-order valence-electron chi connectivity index (χ0n) is 14.2. The number of fused-ring (bicyclic) bond motifs is 1. The Bertz CT molecular complexity index is 795. The predicted octanol–water partition coefficient (Wildman–Crippen LogP) is 2.23. The van der Waals surface area contributed by atoms with E-state index in [1.54, 1.807) is 13.1 Å². The van der Waals surface area contributed by atoms with Gasteiger partial charge in [0.15, 0.2) is 5.65 Å². The second-order valence-corrected chi connectivity index (χ2v) is 6.13. The number of rotatable bonds is 4. The third-order valence-corrected chi connectivity index (χ3v) is 4.30. The van der Waals surface area contributed by atoms with E-state index < -0.39 is 12.1 Å². The number of aromatic carboxylic acids is 1. The number of nitrogens with zero attached hydrogens (tertiary/aromatic N) is 4. The molecule has 0 bridgehead atoms. The standard InChI is InChI=1S/C16H21N5O4/c1-3-25-16(24)18-15-17-13-8-11(14(22)23)12(9-21(13)19-15)20-6-4-10(2)5-7-20/h8-10H,3-7H2,1-2H3,(H,22,23)(H,18,19,24). The first kappa shape index (κ1) is 17.0. The number of pyridine rings is 1. The number of piperidine rings is 1. The number of carboxylic acids is 1. The lowest BCUT2D eigenvalue weighted by atomic mass is 9.98. The average Bonchev–Trinajstić information content (AvgIpc) is 2.95. The minimum absolute atomic E-state index is 0.0687. The van der Waals surface area contributed by atoms with Crippen LogP contribution in [0.1, 0.15) is 37.0 Å². The SMILES string of the molecule is CCOC(=O)Nc1nc2cc(C(=O)O)c(N3CCC(C)CC3)cn2n1. The number of carbonyl (C=O) groups is 2. The number of hydrogen-bond donors (Lipinski definition) is 2. The molecular weight excluding hydrogens is 326 g/mol. The fraction of sp³-hybridized carbons (Fsp3) is 0.500. The minimum atomic E-state index is -1.01. The summed E-state index contributed by atoms with van der Waals surface area (Å²) in [6, 6.07) is 1.47. The first-order valence-corrected chi connectivity index (χ1v) is 8.30. The van der Waals surface area contributed by atoms with E-state index in [1.165, 1.54) is 10.6 Å². The third-order valence-electron chi connectivity index (χ3n) is 4.30. The maximum absolute atomic E-state index is 11.7. The molecule has 3 rings (SSSR count). The summed E-state index contributed by atoms with van der Waals surface area (Å²) in [6.07, 6.45) is 3.04. The smallest absolute Gasteiger partial charge is 0.414 e. The van der Waals surface area contributed by atoms with Gasteiger partial charge in [0, 0.05) is 13.1 Å². The molecule has 1 amide bonds. The van der Waals surface area contributed by atoms with Gasteiger partial charge in [0.05, 0.1) is 24.1 Å². The Morgan fingerprint density at radius 3 is 2.76 bits per heavy atom. The fourth-order valence-corrected chi connectivity index (χ4v) is 2.90. The van der Waals surface area contributed by atoms with Gasteiger partial charge in [0.1, 0.15) is 0 Å². The van der Waals surface area contributed by atoms with Gasteiger partial charge in [-0.25, -0.2) is 14.1 Å². The van der Waals surface area contributed by atoms with Crippen molar-refractivity contribution in [2.75, 3.05) is 29.9 Å². The number of carbonyl (C=O) groups excluding carboxylic acids is 1. The zero-order valence-corrected chi connectivity index (χ0v) is 14.2. The molecule has 0 atom stereocenters. The molecule has 25 heavy (non-hydrogen) atoms. The van der Waals surface area contributed by atoms with Crippen molar-refractivity contribution in [3.05, 3.63) is 17.8 Å². The maximum atomic E-state index is 11.7. The Kier molecular flexibility index (Phi) is 4.73. The Labute approximate surface area is 144 Å². The van der Waals surface area contributed by atoms with Crippen LogP contribution in [0.15, 0.2) is 12.3 Å². The van der Waals surface area contributed by atoms with E-state index in [2.05, 4.69) is 27.2 Å². The van der Waals surface area contributed by atoms with Crippen LogP contribution in [0.2, 0.25) is 0 Å². The van der Waals surface area contributed by atoms with Crippen molar-refractivity contribution in [2.24, 2.45) is 5.92 Å². The number of nitrogens with one attached hydrogen (secondary N) is 1. The van der Waals surface area contributed by atoms with Crippen molar-refractivity contribution in [1.82, 2.24) is 14.6 Å². The van der Waals surface area contributed by atoms with E-state index >= 15 is 0 Å². The van der Waals surface area contributed by atoms with Crippen LogP contribution >= 0.6 is 0 Å². The van der Waals surface area contributed by atoms with Crippen LogP contribution in [0, 0.1) is 5.92 Å². The normalized spacial score (nSPS) is 15.4. The molecule has 0 unspecified atom stereocenters. The summed E-state index contributed by atoms with van der Waals surface area (Å²) >= 11 is 0. The summed E-state index contributed by atoms with van der Waals surface area (Å²) in [5.41, 5.74) is 1.13. The number of amides is 1. The lowest BCUT2D eigenvalue weighted by molar-refractivity contribution is 0.0697. The Morgan fingerprint density at radius 1 is 1.40 bits per heavy atom. The third kappa shape index (κ3) is 3.65. The molecule has 2 N–H and O–H groups in total.